The van der Waals surface area contributed by atoms with Gasteiger partial charge < -0.3 is 16.3 Å². The van der Waals surface area contributed by atoms with Crippen molar-refractivity contribution in [3.8, 4) is 0 Å². The molecule has 0 aliphatic heterocycles. The summed E-state index contributed by atoms with van der Waals surface area (Å²) in [7, 11) is 0. The Morgan fingerprint density at radius 1 is 1.50 bits per heavy atom. The molecule has 1 aliphatic rings. The molecule has 0 aromatic carbocycles. The normalized spacial score (nSPS) is 17.9. The fraction of sp³-hybridized carbons (Fsp3) is 0.500. The molecule has 1 aromatic heterocycles. The number of nitrogens with one attached hydrogen (secondary N) is 1. The third-order valence-electron chi connectivity index (χ3n) is 3.92. The van der Waals surface area contributed by atoms with Crippen LogP contribution >= 0.6 is 0 Å². The van der Waals surface area contributed by atoms with E-state index in [-0.39, 0.29) is 11.7 Å². The number of hydrogen-bond acceptors (Lipinski definition) is 4. The van der Waals surface area contributed by atoms with Crippen LogP contribution < -0.4 is 11.1 Å². The average molecular weight is 276 g/mol. The van der Waals surface area contributed by atoms with Crippen molar-refractivity contribution < 1.29 is 10.0 Å². The fourth-order valence-corrected chi connectivity index (χ4v) is 2.63. The number of oxime groups is 1. The highest BCUT2D eigenvalue weighted by atomic mass is 16.4. The van der Waals surface area contributed by atoms with Crippen LogP contribution in [0.25, 0.3) is 0 Å². The lowest BCUT2D eigenvalue weighted by molar-refractivity contribution is -0.127. The zero-order chi connectivity index (χ0) is 14.6. The molecule has 0 bridgehead atoms. The SMILES string of the molecule is Cc1ccc(CNC(=O)C2(C(N)=NO)CCCC2)cn1. The Balaban J connectivity index is 2.04. The van der Waals surface area contributed by atoms with Gasteiger partial charge in [-0.1, -0.05) is 24.1 Å². The van der Waals surface area contributed by atoms with E-state index in [4.69, 9.17) is 10.9 Å². The lowest BCUT2D eigenvalue weighted by atomic mass is 9.83. The Morgan fingerprint density at radius 2 is 2.20 bits per heavy atom. The molecule has 6 nitrogen and oxygen atoms in total. The number of aryl methyl sites for hydroxylation is 1. The molecule has 1 amide bonds. The molecule has 1 saturated carbocycles. The Labute approximate surface area is 118 Å². The summed E-state index contributed by atoms with van der Waals surface area (Å²) in [6.45, 7) is 2.31. The number of amides is 1. The molecule has 0 spiro atoms. The monoisotopic (exact) mass is 276 g/mol. The number of pyridine rings is 1. The van der Waals surface area contributed by atoms with Crippen molar-refractivity contribution in [3.05, 3.63) is 29.6 Å². The predicted molar refractivity (Wildman–Crippen MR) is 75.1 cm³/mol. The Morgan fingerprint density at radius 3 is 2.75 bits per heavy atom. The van der Waals surface area contributed by atoms with Gasteiger partial charge in [-0.25, -0.2) is 0 Å². The molecule has 1 heterocycles. The van der Waals surface area contributed by atoms with Gasteiger partial charge in [0.2, 0.25) is 5.91 Å². The van der Waals surface area contributed by atoms with Crippen LogP contribution in [0.1, 0.15) is 36.9 Å². The number of amidine groups is 1. The van der Waals surface area contributed by atoms with Crippen LogP contribution in [0.5, 0.6) is 0 Å². The molecule has 0 unspecified atom stereocenters. The van der Waals surface area contributed by atoms with Crippen molar-refractivity contribution in [2.45, 2.75) is 39.2 Å². The fourth-order valence-electron chi connectivity index (χ4n) is 2.63. The van der Waals surface area contributed by atoms with Crippen molar-refractivity contribution in [2.24, 2.45) is 16.3 Å². The van der Waals surface area contributed by atoms with E-state index < -0.39 is 5.41 Å². The van der Waals surface area contributed by atoms with Crippen LogP contribution in [0.3, 0.4) is 0 Å². The van der Waals surface area contributed by atoms with Gasteiger partial charge in [-0.15, -0.1) is 0 Å². The topological polar surface area (TPSA) is 101 Å². The van der Waals surface area contributed by atoms with E-state index in [0.29, 0.717) is 19.4 Å². The number of nitrogens with zero attached hydrogens (tertiary/aromatic N) is 2. The molecule has 0 atom stereocenters. The van der Waals surface area contributed by atoms with Crippen molar-refractivity contribution in [1.29, 1.82) is 0 Å². The van der Waals surface area contributed by atoms with Gasteiger partial charge in [-0.05, 0) is 31.4 Å². The van der Waals surface area contributed by atoms with E-state index in [1.165, 1.54) is 0 Å². The standard InChI is InChI=1S/C14H20N4O2/c1-10-4-5-11(8-16-10)9-17-13(19)14(12(15)18-20)6-2-3-7-14/h4-5,8,20H,2-3,6-7,9H2,1H3,(H2,15,18)(H,17,19). The van der Waals surface area contributed by atoms with Gasteiger partial charge in [0.1, 0.15) is 5.41 Å². The minimum absolute atomic E-state index is 0.00883. The van der Waals surface area contributed by atoms with E-state index >= 15 is 0 Å². The molecule has 4 N–H and O–H groups in total. The zero-order valence-electron chi connectivity index (χ0n) is 11.6. The molecular formula is C14H20N4O2. The Hall–Kier alpha value is -2.11. The molecule has 20 heavy (non-hydrogen) atoms. The van der Waals surface area contributed by atoms with E-state index in [2.05, 4.69) is 15.5 Å². The number of carbonyl (C=O) groups is 1. The van der Waals surface area contributed by atoms with Crippen LogP contribution in [-0.4, -0.2) is 21.9 Å². The summed E-state index contributed by atoms with van der Waals surface area (Å²) in [5, 5.41) is 14.8. The molecule has 1 aliphatic carbocycles. The second kappa shape index (κ2) is 5.90. The smallest absolute Gasteiger partial charge is 0.234 e. The first kappa shape index (κ1) is 14.3. The van der Waals surface area contributed by atoms with Crippen LogP contribution in [0.2, 0.25) is 0 Å². The predicted octanol–water partition coefficient (Wildman–Crippen LogP) is 1.31. The lowest BCUT2D eigenvalue weighted by Gasteiger charge is -2.25. The van der Waals surface area contributed by atoms with Gasteiger partial charge in [0.25, 0.3) is 0 Å². The van der Waals surface area contributed by atoms with Crippen molar-refractivity contribution in [2.75, 3.05) is 0 Å². The summed E-state index contributed by atoms with van der Waals surface area (Å²) in [5.74, 6) is -0.166. The highest BCUT2D eigenvalue weighted by Gasteiger charge is 2.45. The van der Waals surface area contributed by atoms with E-state index in [0.717, 1.165) is 24.1 Å². The Kier molecular flexibility index (Phi) is 4.22. The summed E-state index contributed by atoms with van der Waals surface area (Å²) in [5.41, 5.74) is 6.74. The largest absolute Gasteiger partial charge is 0.409 e. The highest BCUT2D eigenvalue weighted by molar-refractivity contribution is 6.07. The lowest BCUT2D eigenvalue weighted by Crippen LogP contribution is -2.48. The summed E-state index contributed by atoms with van der Waals surface area (Å²) in [6.07, 6.45) is 4.81. The number of aromatic nitrogens is 1. The van der Waals surface area contributed by atoms with Crippen molar-refractivity contribution >= 4 is 11.7 Å². The summed E-state index contributed by atoms with van der Waals surface area (Å²) in [6, 6.07) is 3.82. The van der Waals surface area contributed by atoms with Gasteiger partial charge in [-0.3, -0.25) is 9.78 Å². The minimum atomic E-state index is -0.854. The summed E-state index contributed by atoms with van der Waals surface area (Å²) in [4.78, 5) is 16.6. The van der Waals surface area contributed by atoms with Gasteiger partial charge in [0.15, 0.2) is 5.84 Å². The van der Waals surface area contributed by atoms with Gasteiger partial charge >= 0.3 is 0 Å². The highest BCUT2D eigenvalue weighted by Crippen LogP contribution is 2.38. The maximum Gasteiger partial charge on any atom is 0.234 e. The molecule has 2 rings (SSSR count). The second-order valence-corrected chi connectivity index (χ2v) is 5.26. The maximum atomic E-state index is 12.4. The molecule has 6 heteroatoms. The molecule has 108 valence electrons. The zero-order valence-corrected chi connectivity index (χ0v) is 11.6. The molecule has 0 saturated heterocycles. The summed E-state index contributed by atoms with van der Waals surface area (Å²) >= 11 is 0. The Bertz CT molecular complexity index is 504. The number of hydrogen-bond donors (Lipinski definition) is 3. The molecule has 0 radical (unpaired) electrons. The van der Waals surface area contributed by atoms with Crippen molar-refractivity contribution in [3.63, 3.8) is 0 Å². The first-order valence-electron chi connectivity index (χ1n) is 6.76. The van der Waals surface area contributed by atoms with Gasteiger partial charge in [-0.2, -0.15) is 0 Å². The summed E-state index contributed by atoms with van der Waals surface area (Å²) < 4.78 is 0. The van der Waals surface area contributed by atoms with Gasteiger partial charge in [0, 0.05) is 18.4 Å². The van der Waals surface area contributed by atoms with Crippen LogP contribution in [-0.2, 0) is 11.3 Å². The van der Waals surface area contributed by atoms with Crippen LogP contribution in [0.4, 0.5) is 0 Å². The first-order valence-corrected chi connectivity index (χ1v) is 6.76. The third kappa shape index (κ3) is 2.74. The van der Waals surface area contributed by atoms with E-state index in [1.807, 2.05) is 19.1 Å². The number of carbonyl (C=O) groups excluding carboxylic acids is 1. The minimum Gasteiger partial charge on any atom is -0.409 e. The van der Waals surface area contributed by atoms with Crippen LogP contribution in [0, 0.1) is 12.3 Å². The van der Waals surface area contributed by atoms with Gasteiger partial charge in [0.05, 0.1) is 0 Å². The molecule has 1 fully saturated rings. The van der Waals surface area contributed by atoms with E-state index in [1.54, 1.807) is 6.20 Å². The second-order valence-electron chi connectivity index (χ2n) is 5.26. The maximum absolute atomic E-state index is 12.4. The van der Waals surface area contributed by atoms with E-state index in [9.17, 15) is 4.79 Å². The quantitative estimate of drug-likeness (QED) is 0.334. The van der Waals surface area contributed by atoms with Crippen LogP contribution in [0.15, 0.2) is 23.5 Å². The molecular weight excluding hydrogens is 256 g/mol. The number of nitrogens with two attached hydrogens (primary N) is 1. The number of rotatable bonds is 4. The molecule has 1 aromatic rings. The first-order chi connectivity index (χ1) is 9.58. The van der Waals surface area contributed by atoms with Crippen molar-refractivity contribution in [1.82, 2.24) is 10.3 Å². The third-order valence-corrected chi connectivity index (χ3v) is 3.92. The average Bonchev–Trinajstić information content (AvgIpc) is 2.96.